The lowest BCUT2D eigenvalue weighted by atomic mass is 10.3. The molecule has 0 aromatic heterocycles. The summed E-state index contributed by atoms with van der Waals surface area (Å²) in [6.45, 7) is 9.09. The van der Waals surface area contributed by atoms with Crippen molar-refractivity contribution in [1.82, 2.24) is 0 Å². The number of hydrogen-bond donors (Lipinski definition) is 1. The summed E-state index contributed by atoms with van der Waals surface area (Å²) in [5.41, 5.74) is 0.896. The topological polar surface area (TPSA) is 20.2 Å². The zero-order valence-corrected chi connectivity index (χ0v) is 8.39. The maximum Gasteiger partial charge on any atom is 0.0540 e. The zero-order chi connectivity index (χ0) is 7.94. The average molecular weight is 158 g/mol. The largest absolute Gasteiger partial charge is 0.393 e. The van der Waals surface area contributed by atoms with Gasteiger partial charge in [-0.25, -0.2) is 0 Å². The third-order valence-corrected chi connectivity index (χ3v) is 5.46. The standard InChI is InChI=1S/C8H18OSi/c1-6(9)7-5-8(7)10(2,3)4/h6-9H,5H2,1-4H3/t6-,7+,8-/m1/s1. The van der Waals surface area contributed by atoms with Gasteiger partial charge in [0.25, 0.3) is 0 Å². The Bertz CT molecular complexity index is 126. The van der Waals surface area contributed by atoms with Gasteiger partial charge in [-0.3, -0.25) is 0 Å². The van der Waals surface area contributed by atoms with Gasteiger partial charge < -0.3 is 5.11 Å². The second-order valence-corrected chi connectivity index (χ2v) is 10.1. The Morgan fingerprint density at radius 1 is 1.40 bits per heavy atom. The van der Waals surface area contributed by atoms with Gasteiger partial charge in [-0.15, -0.1) is 0 Å². The molecule has 1 aliphatic rings. The molecule has 0 amide bonds. The van der Waals surface area contributed by atoms with E-state index in [2.05, 4.69) is 19.6 Å². The van der Waals surface area contributed by atoms with E-state index in [9.17, 15) is 5.11 Å². The monoisotopic (exact) mass is 158 g/mol. The molecule has 1 fully saturated rings. The van der Waals surface area contributed by atoms with Crippen molar-refractivity contribution in [2.24, 2.45) is 5.92 Å². The van der Waals surface area contributed by atoms with Crippen LogP contribution in [0.3, 0.4) is 0 Å². The van der Waals surface area contributed by atoms with Crippen LogP contribution in [0, 0.1) is 5.92 Å². The summed E-state index contributed by atoms with van der Waals surface area (Å²) in [6, 6.07) is 0. The Hall–Kier alpha value is 0.177. The van der Waals surface area contributed by atoms with E-state index in [1.807, 2.05) is 6.92 Å². The summed E-state index contributed by atoms with van der Waals surface area (Å²) < 4.78 is 0. The average Bonchev–Trinajstić information content (AvgIpc) is 2.35. The molecule has 0 aliphatic heterocycles. The lowest BCUT2D eigenvalue weighted by molar-refractivity contribution is 0.171. The van der Waals surface area contributed by atoms with Crippen LogP contribution in [-0.2, 0) is 0 Å². The smallest absolute Gasteiger partial charge is 0.0540 e. The van der Waals surface area contributed by atoms with Crippen molar-refractivity contribution in [2.75, 3.05) is 0 Å². The zero-order valence-electron chi connectivity index (χ0n) is 7.39. The minimum Gasteiger partial charge on any atom is -0.393 e. The summed E-state index contributed by atoms with van der Waals surface area (Å²) in [5.74, 6) is 0.645. The van der Waals surface area contributed by atoms with Gasteiger partial charge in [0.1, 0.15) is 0 Å². The van der Waals surface area contributed by atoms with E-state index in [-0.39, 0.29) is 6.10 Å². The van der Waals surface area contributed by atoms with Gasteiger partial charge in [0, 0.05) is 8.07 Å². The second kappa shape index (κ2) is 2.34. The first kappa shape index (κ1) is 8.28. The molecule has 2 heteroatoms. The SMILES string of the molecule is C[C@@H](O)[C@@H]1C[C@H]1[Si](C)(C)C. The molecule has 0 aromatic carbocycles. The summed E-state index contributed by atoms with van der Waals surface area (Å²) >= 11 is 0. The maximum atomic E-state index is 9.25. The highest BCUT2D eigenvalue weighted by Gasteiger charge is 2.48. The van der Waals surface area contributed by atoms with Crippen LogP contribution in [0.5, 0.6) is 0 Å². The van der Waals surface area contributed by atoms with Crippen molar-refractivity contribution in [1.29, 1.82) is 0 Å². The molecule has 1 nitrogen and oxygen atoms in total. The van der Waals surface area contributed by atoms with E-state index in [1.165, 1.54) is 6.42 Å². The van der Waals surface area contributed by atoms with Crippen molar-refractivity contribution in [3.63, 3.8) is 0 Å². The van der Waals surface area contributed by atoms with Gasteiger partial charge in [0.2, 0.25) is 0 Å². The van der Waals surface area contributed by atoms with Crippen LogP contribution < -0.4 is 0 Å². The molecule has 0 aromatic rings. The fraction of sp³-hybridized carbons (Fsp3) is 1.00. The first-order valence-electron chi connectivity index (χ1n) is 4.11. The predicted molar refractivity (Wildman–Crippen MR) is 46.9 cm³/mol. The fourth-order valence-corrected chi connectivity index (χ4v) is 4.29. The molecule has 0 spiro atoms. The van der Waals surface area contributed by atoms with Gasteiger partial charge in [0.05, 0.1) is 6.10 Å². The highest BCUT2D eigenvalue weighted by molar-refractivity contribution is 6.78. The van der Waals surface area contributed by atoms with Crippen LogP contribution in [0.4, 0.5) is 0 Å². The Morgan fingerprint density at radius 2 is 1.90 bits per heavy atom. The fourth-order valence-electron chi connectivity index (χ4n) is 1.74. The van der Waals surface area contributed by atoms with Crippen LogP contribution in [0.1, 0.15) is 13.3 Å². The van der Waals surface area contributed by atoms with Gasteiger partial charge in [-0.1, -0.05) is 19.6 Å². The summed E-state index contributed by atoms with van der Waals surface area (Å²) in [4.78, 5) is 0. The lowest BCUT2D eigenvalue weighted by Crippen LogP contribution is -2.22. The van der Waals surface area contributed by atoms with Gasteiger partial charge >= 0.3 is 0 Å². The Morgan fingerprint density at radius 3 is 2.00 bits per heavy atom. The van der Waals surface area contributed by atoms with Crippen LogP contribution in [0.2, 0.25) is 25.2 Å². The molecule has 1 saturated carbocycles. The molecule has 1 rings (SSSR count). The predicted octanol–water partition coefficient (Wildman–Crippen LogP) is 2.10. The number of rotatable bonds is 2. The summed E-state index contributed by atoms with van der Waals surface area (Å²) in [6.07, 6.45) is 1.23. The molecule has 0 saturated heterocycles. The molecule has 0 bridgehead atoms. The van der Waals surface area contributed by atoms with Gasteiger partial charge in [0.15, 0.2) is 0 Å². The van der Waals surface area contributed by atoms with Crippen molar-refractivity contribution in [2.45, 2.75) is 44.6 Å². The molecular weight excluding hydrogens is 140 g/mol. The first-order chi connectivity index (χ1) is 4.43. The van der Waals surface area contributed by atoms with E-state index in [0.29, 0.717) is 5.92 Å². The van der Waals surface area contributed by atoms with E-state index in [4.69, 9.17) is 0 Å². The Balaban J connectivity index is 2.39. The molecule has 60 valence electrons. The van der Waals surface area contributed by atoms with Crippen LogP contribution in [0.25, 0.3) is 0 Å². The maximum absolute atomic E-state index is 9.25. The normalized spacial score (nSPS) is 35.7. The Labute approximate surface area is 64.5 Å². The number of aliphatic hydroxyl groups excluding tert-OH is 1. The third kappa shape index (κ3) is 1.61. The molecular formula is C8H18OSi. The molecule has 0 radical (unpaired) electrons. The molecule has 3 atom stereocenters. The molecule has 1 N–H and O–H groups in total. The highest BCUT2D eigenvalue weighted by atomic mass is 28.3. The van der Waals surface area contributed by atoms with Gasteiger partial charge in [-0.2, -0.15) is 0 Å². The van der Waals surface area contributed by atoms with Crippen molar-refractivity contribution >= 4 is 8.07 Å². The van der Waals surface area contributed by atoms with Crippen molar-refractivity contribution < 1.29 is 5.11 Å². The van der Waals surface area contributed by atoms with Gasteiger partial charge in [-0.05, 0) is 24.8 Å². The van der Waals surface area contributed by atoms with E-state index in [1.54, 1.807) is 0 Å². The molecule has 10 heavy (non-hydrogen) atoms. The van der Waals surface area contributed by atoms with E-state index in [0.717, 1.165) is 5.54 Å². The number of aliphatic hydroxyl groups is 1. The lowest BCUT2D eigenvalue weighted by Gasteiger charge is -2.16. The summed E-state index contributed by atoms with van der Waals surface area (Å²) in [5, 5.41) is 9.25. The van der Waals surface area contributed by atoms with E-state index < -0.39 is 8.07 Å². The quantitative estimate of drug-likeness (QED) is 0.610. The first-order valence-corrected chi connectivity index (χ1v) is 7.68. The molecule has 0 unspecified atom stereocenters. The molecule has 0 heterocycles. The number of hydrogen-bond acceptors (Lipinski definition) is 1. The second-order valence-electron chi connectivity index (χ2n) is 4.61. The highest BCUT2D eigenvalue weighted by Crippen LogP contribution is 2.53. The van der Waals surface area contributed by atoms with Crippen molar-refractivity contribution in [3.05, 3.63) is 0 Å². The van der Waals surface area contributed by atoms with Crippen LogP contribution >= 0.6 is 0 Å². The van der Waals surface area contributed by atoms with E-state index >= 15 is 0 Å². The van der Waals surface area contributed by atoms with Crippen LogP contribution in [-0.4, -0.2) is 19.3 Å². The third-order valence-electron chi connectivity index (χ3n) is 2.57. The Kier molecular flexibility index (Phi) is 1.94. The minimum atomic E-state index is -0.909. The van der Waals surface area contributed by atoms with Crippen LogP contribution in [0.15, 0.2) is 0 Å². The summed E-state index contributed by atoms with van der Waals surface area (Å²) in [7, 11) is -0.909. The minimum absolute atomic E-state index is 0.0586. The van der Waals surface area contributed by atoms with Crippen molar-refractivity contribution in [3.8, 4) is 0 Å². The molecule has 1 aliphatic carbocycles.